The van der Waals surface area contributed by atoms with E-state index in [4.69, 9.17) is 15.9 Å². The molecule has 0 saturated heterocycles. The monoisotopic (exact) mass is 493 g/mol. The molecule has 6 nitrogen and oxygen atoms in total. The molecule has 8 heteroatoms. The first-order chi connectivity index (χ1) is 16.9. The lowest BCUT2D eigenvalue weighted by Gasteiger charge is -2.27. The topological polar surface area (TPSA) is 85.7 Å². The van der Waals surface area contributed by atoms with Crippen LogP contribution in [0.1, 0.15) is 42.1 Å². The van der Waals surface area contributed by atoms with Crippen LogP contribution >= 0.6 is 8.03 Å². The van der Waals surface area contributed by atoms with Crippen LogP contribution in [-0.2, 0) is 18.6 Å². The third-order valence-electron chi connectivity index (χ3n) is 5.98. The summed E-state index contributed by atoms with van der Waals surface area (Å²) in [7, 11) is -1.60. The van der Waals surface area contributed by atoms with Crippen LogP contribution in [0.15, 0.2) is 60.7 Å². The largest absolute Gasteiger partial charge is 0.391 e. The number of hydrogen-bond acceptors (Lipinski definition) is 6. The SMILES string of the molecule is C#COC(=O)CC(O)C(c1c(-c2ccc(F)cc2)cc(-c2ccccc2)nc1C1CC1)[PH](=O)OC. The minimum atomic E-state index is -2.89. The first-order valence-corrected chi connectivity index (χ1v) is 12.6. The summed E-state index contributed by atoms with van der Waals surface area (Å²) in [5.74, 6) is -1.11. The Balaban J connectivity index is 1.95. The van der Waals surface area contributed by atoms with Gasteiger partial charge in [0.1, 0.15) is 11.9 Å². The first-order valence-electron chi connectivity index (χ1n) is 11.2. The van der Waals surface area contributed by atoms with Crippen molar-refractivity contribution >= 4 is 14.0 Å². The quantitative estimate of drug-likeness (QED) is 0.241. The van der Waals surface area contributed by atoms with Gasteiger partial charge in [-0.25, -0.2) is 4.39 Å². The molecule has 35 heavy (non-hydrogen) atoms. The minimum Gasteiger partial charge on any atom is -0.391 e. The molecule has 180 valence electrons. The van der Waals surface area contributed by atoms with Crippen molar-refractivity contribution in [3.05, 3.63) is 77.7 Å². The predicted molar refractivity (Wildman–Crippen MR) is 131 cm³/mol. The fourth-order valence-corrected chi connectivity index (χ4v) is 5.41. The molecule has 1 N–H and O–H groups in total. The third kappa shape index (κ3) is 5.68. The molecule has 0 bridgehead atoms. The number of rotatable bonds is 9. The van der Waals surface area contributed by atoms with Gasteiger partial charge in [-0.05, 0) is 47.7 Å². The maximum Gasteiger partial charge on any atom is 0.322 e. The van der Waals surface area contributed by atoms with Crippen LogP contribution in [0.3, 0.4) is 0 Å². The molecule has 2 aromatic carbocycles. The Morgan fingerprint density at radius 3 is 2.49 bits per heavy atom. The Kier molecular flexibility index (Phi) is 7.77. The van der Waals surface area contributed by atoms with Crippen LogP contribution in [0.2, 0.25) is 0 Å². The Hall–Kier alpha value is -3.30. The van der Waals surface area contributed by atoms with Crippen molar-refractivity contribution in [3.8, 4) is 34.9 Å². The number of halogens is 1. The van der Waals surface area contributed by atoms with E-state index in [9.17, 15) is 18.9 Å². The molecule has 0 radical (unpaired) electrons. The molecular weight excluding hydrogens is 468 g/mol. The Morgan fingerprint density at radius 1 is 1.20 bits per heavy atom. The molecule has 1 aliphatic carbocycles. The van der Waals surface area contributed by atoms with Crippen LogP contribution in [0.25, 0.3) is 22.4 Å². The number of pyridine rings is 1. The Morgan fingerprint density at radius 2 is 1.89 bits per heavy atom. The average Bonchev–Trinajstić information content (AvgIpc) is 3.70. The van der Waals surface area contributed by atoms with Gasteiger partial charge in [0.15, 0.2) is 0 Å². The average molecular weight is 493 g/mol. The number of benzene rings is 2. The van der Waals surface area contributed by atoms with E-state index in [0.29, 0.717) is 28.1 Å². The number of hydrogen-bond donors (Lipinski definition) is 1. The smallest absolute Gasteiger partial charge is 0.322 e. The van der Waals surface area contributed by atoms with Gasteiger partial charge in [0.2, 0.25) is 8.03 Å². The van der Waals surface area contributed by atoms with Crippen LogP contribution in [0.4, 0.5) is 4.39 Å². The van der Waals surface area contributed by atoms with Crippen molar-refractivity contribution in [3.63, 3.8) is 0 Å². The van der Waals surface area contributed by atoms with Crippen molar-refractivity contribution in [2.75, 3.05) is 7.11 Å². The normalized spacial score (nSPS) is 15.6. The van der Waals surface area contributed by atoms with E-state index in [1.807, 2.05) is 36.4 Å². The van der Waals surface area contributed by atoms with Gasteiger partial charge >= 0.3 is 5.97 Å². The maximum absolute atomic E-state index is 13.8. The second kappa shape index (κ2) is 11.0. The van der Waals surface area contributed by atoms with E-state index in [-0.39, 0.29) is 5.92 Å². The number of aromatic nitrogens is 1. The Labute approximate surface area is 204 Å². The Bertz CT molecular complexity index is 1270. The van der Waals surface area contributed by atoms with Crippen molar-refractivity contribution < 1.29 is 28.1 Å². The fraction of sp³-hybridized carbons (Fsp3) is 0.259. The maximum atomic E-state index is 13.8. The molecule has 3 atom stereocenters. The highest BCUT2D eigenvalue weighted by atomic mass is 31.1. The highest BCUT2D eigenvalue weighted by molar-refractivity contribution is 7.39. The summed E-state index contributed by atoms with van der Waals surface area (Å²) in [5.41, 5.74) is 3.07. The van der Waals surface area contributed by atoms with Gasteiger partial charge in [0.25, 0.3) is 0 Å². The molecule has 1 aliphatic rings. The van der Waals surface area contributed by atoms with E-state index in [1.165, 1.54) is 19.2 Å². The molecule has 3 aromatic rings. The van der Waals surface area contributed by atoms with Crippen LogP contribution in [-0.4, -0.2) is 29.3 Å². The molecule has 0 spiro atoms. The molecule has 1 fully saturated rings. The lowest BCUT2D eigenvalue weighted by atomic mass is 9.90. The van der Waals surface area contributed by atoms with Gasteiger partial charge in [0.05, 0.1) is 23.9 Å². The zero-order chi connectivity index (χ0) is 24.9. The zero-order valence-corrected chi connectivity index (χ0v) is 20.1. The summed E-state index contributed by atoms with van der Waals surface area (Å²) >= 11 is 0. The van der Waals surface area contributed by atoms with Crippen LogP contribution in [0.5, 0.6) is 0 Å². The fourth-order valence-electron chi connectivity index (χ4n) is 4.18. The van der Waals surface area contributed by atoms with E-state index < -0.39 is 38.0 Å². The summed E-state index contributed by atoms with van der Waals surface area (Å²) in [6, 6.07) is 17.4. The van der Waals surface area contributed by atoms with Gasteiger partial charge in [-0.3, -0.25) is 14.3 Å². The van der Waals surface area contributed by atoms with Gasteiger partial charge < -0.3 is 14.4 Å². The highest BCUT2D eigenvalue weighted by Crippen LogP contribution is 2.53. The van der Waals surface area contributed by atoms with Gasteiger partial charge in [-0.15, -0.1) is 0 Å². The predicted octanol–water partition coefficient (Wildman–Crippen LogP) is 5.48. The number of terminal acetylenes is 1. The molecule has 0 amide bonds. The van der Waals surface area contributed by atoms with Crippen LogP contribution < -0.4 is 0 Å². The van der Waals surface area contributed by atoms with Crippen LogP contribution in [0, 0.1) is 18.3 Å². The zero-order valence-electron chi connectivity index (χ0n) is 19.1. The summed E-state index contributed by atoms with van der Waals surface area (Å²) in [6.45, 7) is 0. The van der Waals surface area contributed by atoms with Crippen molar-refractivity contribution in [1.82, 2.24) is 4.98 Å². The molecule has 1 heterocycles. The molecule has 1 saturated carbocycles. The lowest BCUT2D eigenvalue weighted by molar-refractivity contribution is -0.139. The third-order valence-corrected chi connectivity index (χ3v) is 7.56. The van der Waals surface area contributed by atoms with Gasteiger partial charge in [-0.2, -0.15) is 0 Å². The first kappa shape index (κ1) is 24.8. The number of aliphatic hydroxyl groups excluding tert-OH is 1. The van der Waals surface area contributed by atoms with E-state index in [0.717, 1.165) is 18.4 Å². The molecule has 1 aromatic heterocycles. The van der Waals surface area contributed by atoms with Gasteiger partial charge in [0, 0.05) is 24.3 Å². The van der Waals surface area contributed by atoms with E-state index in [2.05, 4.69) is 4.74 Å². The standard InChI is InChI=1S/C27H25FNO5P/c1-3-34-24(31)16-23(30)27(35(32)33-2)25-21(17-11-13-20(28)14-12-17)15-22(18-7-5-4-6-8-18)29-26(25)19-9-10-19/h1,4-8,11-15,19,23,27,30,35H,9-10,16H2,2H3. The summed E-state index contributed by atoms with van der Waals surface area (Å²) in [4.78, 5) is 17.0. The van der Waals surface area contributed by atoms with Crippen molar-refractivity contribution in [2.45, 2.75) is 36.9 Å². The molecule has 3 unspecified atom stereocenters. The van der Waals surface area contributed by atoms with Crippen molar-refractivity contribution in [2.24, 2.45) is 0 Å². The number of nitrogens with zero attached hydrogens (tertiary/aromatic N) is 1. The minimum absolute atomic E-state index is 0.104. The number of esters is 1. The second-order valence-corrected chi connectivity index (χ2v) is 10.0. The number of carbonyl (C=O) groups is 1. The molecule has 0 aliphatic heterocycles. The van der Waals surface area contributed by atoms with Gasteiger partial charge in [-0.1, -0.05) is 48.9 Å². The molecule has 4 rings (SSSR count). The lowest BCUT2D eigenvalue weighted by Crippen LogP contribution is -2.23. The number of carbonyl (C=O) groups excluding carboxylic acids is 1. The molecular formula is C27H25FNO5P. The summed E-state index contributed by atoms with van der Waals surface area (Å²) in [5, 5.41) is 11.1. The van der Waals surface area contributed by atoms with E-state index >= 15 is 0 Å². The summed E-state index contributed by atoms with van der Waals surface area (Å²) in [6.07, 6.45) is 6.73. The van der Waals surface area contributed by atoms with E-state index in [1.54, 1.807) is 18.2 Å². The van der Waals surface area contributed by atoms with Crippen molar-refractivity contribution in [1.29, 1.82) is 0 Å². The number of ether oxygens (including phenoxy) is 1. The summed E-state index contributed by atoms with van der Waals surface area (Å²) < 4.78 is 36.7. The highest BCUT2D eigenvalue weighted by Gasteiger charge is 2.38. The number of aliphatic hydroxyl groups is 1. The second-order valence-electron chi connectivity index (χ2n) is 8.37.